The lowest BCUT2D eigenvalue weighted by atomic mass is 10.2. The zero-order valence-corrected chi connectivity index (χ0v) is 8.72. The Morgan fingerprint density at radius 1 is 1.38 bits per heavy atom. The maximum Gasteiger partial charge on any atom is 0.300 e. The second kappa shape index (κ2) is 3.38. The van der Waals surface area contributed by atoms with Gasteiger partial charge < -0.3 is 4.74 Å². The molecular weight excluding hydrogens is 214 g/mol. The van der Waals surface area contributed by atoms with Crippen molar-refractivity contribution in [1.82, 2.24) is 4.31 Å². The third-order valence-electron chi connectivity index (χ3n) is 2.71. The SMILES string of the molecule is O=S(=O)(Cl)N1CCOC2CCCC21. The molecule has 0 N–H and O–H groups in total. The van der Waals surface area contributed by atoms with Crippen LogP contribution in [0.5, 0.6) is 0 Å². The van der Waals surface area contributed by atoms with Crippen molar-refractivity contribution in [3.05, 3.63) is 0 Å². The van der Waals surface area contributed by atoms with Crippen LogP contribution in [0, 0.1) is 0 Å². The van der Waals surface area contributed by atoms with E-state index in [0.29, 0.717) is 13.2 Å². The summed E-state index contributed by atoms with van der Waals surface area (Å²) in [5.74, 6) is 0. The molecule has 6 heteroatoms. The Kier molecular flexibility index (Phi) is 2.53. The topological polar surface area (TPSA) is 46.6 Å². The van der Waals surface area contributed by atoms with Crippen LogP contribution in [0.2, 0.25) is 0 Å². The van der Waals surface area contributed by atoms with E-state index in [9.17, 15) is 8.42 Å². The third-order valence-corrected chi connectivity index (χ3v) is 4.26. The van der Waals surface area contributed by atoms with Gasteiger partial charge >= 0.3 is 0 Å². The summed E-state index contributed by atoms with van der Waals surface area (Å²) in [6.07, 6.45) is 2.92. The third kappa shape index (κ3) is 1.83. The summed E-state index contributed by atoms with van der Waals surface area (Å²) in [5, 5.41) is 0. The van der Waals surface area contributed by atoms with Crippen LogP contribution in [0.1, 0.15) is 19.3 Å². The van der Waals surface area contributed by atoms with Gasteiger partial charge in [-0.2, -0.15) is 12.7 Å². The van der Waals surface area contributed by atoms with E-state index in [1.807, 2.05) is 0 Å². The highest BCUT2D eigenvalue weighted by Gasteiger charge is 2.40. The first-order valence-corrected chi connectivity index (χ1v) is 6.69. The molecule has 4 nitrogen and oxygen atoms in total. The number of hydrogen-bond donors (Lipinski definition) is 0. The van der Waals surface area contributed by atoms with Crippen molar-refractivity contribution >= 4 is 19.9 Å². The molecule has 1 saturated heterocycles. The summed E-state index contributed by atoms with van der Waals surface area (Å²) in [7, 11) is 1.77. The first-order chi connectivity index (χ1) is 6.09. The van der Waals surface area contributed by atoms with Crippen LogP contribution in [0.15, 0.2) is 0 Å². The average Bonchev–Trinajstić information content (AvgIpc) is 2.48. The molecule has 0 spiro atoms. The normalized spacial score (nSPS) is 36.1. The molecule has 0 aromatic heterocycles. The van der Waals surface area contributed by atoms with Crippen LogP contribution in [-0.2, 0) is 14.0 Å². The molecule has 2 aliphatic rings. The molecule has 13 heavy (non-hydrogen) atoms. The van der Waals surface area contributed by atoms with Crippen molar-refractivity contribution in [2.24, 2.45) is 0 Å². The zero-order chi connectivity index (χ0) is 9.47. The first-order valence-electron chi connectivity index (χ1n) is 4.42. The zero-order valence-electron chi connectivity index (χ0n) is 7.15. The average molecular weight is 226 g/mol. The maximum atomic E-state index is 11.2. The van der Waals surface area contributed by atoms with E-state index in [0.717, 1.165) is 19.3 Å². The van der Waals surface area contributed by atoms with E-state index in [-0.39, 0.29) is 12.1 Å². The lowest BCUT2D eigenvalue weighted by molar-refractivity contribution is -0.0234. The molecule has 1 aliphatic heterocycles. The van der Waals surface area contributed by atoms with Gasteiger partial charge in [0, 0.05) is 17.2 Å². The minimum absolute atomic E-state index is 0.0174. The van der Waals surface area contributed by atoms with Crippen LogP contribution >= 0.6 is 10.7 Å². The van der Waals surface area contributed by atoms with Crippen molar-refractivity contribution in [2.75, 3.05) is 13.2 Å². The Hall–Kier alpha value is 0.160. The van der Waals surface area contributed by atoms with Gasteiger partial charge in [-0.1, -0.05) is 0 Å². The Morgan fingerprint density at radius 3 is 2.85 bits per heavy atom. The van der Waals surface area contributed by atoms with Crippen LogP contribution in [0.3, 0.4) is 0 Å². The fraction of sp³-hybridized carbons (Fsp3) is 1.00. The molecule has 2 fully saturated rings. The fourth-order valence-electron chi connectivity index (χ4n) is 2.16. The molecule has 2 atom stereocenters. The Labute approximate surface area is 82.4 Å². The lowest BCUT2D eigenvalue weighted by Crippen LogP contribution is -2.49. The fourth-order valence-corrected chi connectivity index (χ4v) is 3.53. The van der Waals surface area contributed by atoms with Crippen molar-refractivity contribution in [1.29, 1.82) is 0 Å². The largest absolute Gasteiger partial charge is 0.375 e. The molecule has 1 saturated carbocycles. The summed E-state index contributed by atoms with van der Waals surface area (Å²) in [6.45, 7) is 0.861. The molecule has 0 radical (unpaired) electrons. The summed E-state index contributed by atoms with van der Waals surface area (Å²) >= 11 is 0. The van der Waals surface area contributed by atoms with Crippen LogP contribution < -0.4 is 0 Å². The molecule has 2 rings (SSSR count). The van der Waals surface area contributed by atoms with Gasteiger partial charge in [0.25, 0.3) is 9.24 Å². The minimum Gasteiger partial charge on any atom is -0.375 e. The van der Waals surface area contributed by atoms with E-state index in [1.165, 1.54) is 4.31 Å². The molecule has 0 aromatic rings. The highest BCUT2D eigenvalue weighted by atomic mass is 35.7. The molecule has 76 valence electrons. The van der Waals surface area contributed by atoms with Gasteiger partial charge in [-0.25, -0.2) is 0 Å². The second-order valence-corrected chi connectivity index (χ2v) is 5.92. The Balaban J connectivity index is 2.19. The Morgan fingerprint density at radius 2 is 2.15 bits per heavy atom. The summed E-state index contributed by atoms with van der Waals surface area (Å²) in [5.41, 5.74) is 0. The standard InChI is InChI=1S/C7H12ClNO3S/c8-13(10,11)9-4-5-12-7-3-1-2-6(7)9/h6-7H,1-5H2. The van der Waals surface area contributed by atoms with E-state index in [2.05, 4.69) is 0 Å². The molecule has 1 aliphatic carbocycles. The Bertz CT molecular complexity index is 292. The second-order valence-electron chi connectivity index (χ2n) is 3.46. The van der Waals surface area contributed by atoms with Gasteiger partial charge in [0.15, 0.2) is 0 Å². The number of nitrogens with zero attached hydrogens (tertiary/aromatic N) is 1. The molecule has 0 aromatic carbocycles. The summed E-state index contributed by atoms with van der Waals surface area (Å²) in [6, 6.07) is -0.0174. The van der Waals surface area contributed by atoms with E-state index < -0.39 is 9.24 Å². The van der Waals surface area contributed by atoms with Gasteiger partial charge in [0.2, 0.25) is 0 Å². The highest BCUT2D eigenvalue weighted by Crippen LogP contribution is 2.32. The lowest BCUT2D eigenvalue weighted by Gasteiger charge is -2.34. The highest BCUT2D eigenvalue weighted by molar-refractivity contribution is 8.11. The number of hydrogen-bond acceptors (Lipinski definition) is 3. The van der Waals surface area contributed by atoms with Crippen molar-refractivity contribution < 1.29 is 13.2 Å². The van der Waals surface area contributed by atoms with E-state index >= 15 is 0 Å². The number of rotatable bonds is 1. The van der Waals surface area contributed by atoms with Gasteiger partial charge in [-0.3, -0.25) is 0 Å². The van der Waals surface area contributed by atoms with Crippen molar-refractivity contribution in [3.8, 4) is 0 Å². The van der Waals surface area contributed by atoms with Gasteiger partial charge in [0.05, 0.1) is 18.8 Å². The first kappa shape index (κ1) is 9.71. The number of ether oxygens (including phenoxy) is 1. The predicted octanol–water partition coefficient (Wildman–Crippen LogP) is 0.723. The van der Waals surface area contributed by atoms with Crippen LogP contribution in [0.25, 0.3) is 0 Å². The number of morpholine rings is 1. The minimum atomic E-state index is -3.55. The quantitative estimate of drug-likeness (QED) is 0.618. The van der Waals surface area contributed by atoms with E-state index in [4.69, 9.17) is 15.4 Å². The monoisotopic (exact) mass is 225 g/mol. The number of fused-ring (bicyclic) bond motifs is 1. The predicted molar refractivity (Wildman–Crippen MR) is 48.9 cm³/mol. The number of halogens is 1. The van der Waals surface area contributed by atoms with Gasteiger partial charge in [-0.05, 0) is 19.3 Å². The van der Waals surface area contributed by atoms with Gasteiger partial charge in [0.1, 0.15) is 0 Å². The molecule has 0 bridgehead atoms. The van der Waals surface area contributed by atoms with Crippen LogP contribution in [0.4, 0.5) is 0 Å². The van der Waals surface area contributed by atoms with Crippen LogP contribution in [-0.4, -0.2) is 38.0 Å². The van der Waals surface area contributed by atoms with E-state index in [1.54, 1.807) is 0 Å². The molecule has 0 amide bonds. The summed E-state index contributed by atoms with van der Waals surface area (Å²) in [4.78, 5) is 0. The maximum absolute atomic E-state index is 11.2. The van der Waals surface area contributed by atoms with Crippen molar-refractivity contribution in [3.63, 3.8) is 0 Å². The smallest absolute Gasteiger partial charge is 0.300 e. The molecule has 2 unspecified atom stereocenters. The molecule has 1 heterocycles. The van der Waals surface area contributed by atoms with Crippen molar-refractivity contribution in [2.45, 2.75) is 31.4 Å². The van der Waals surface area contributed by atoms with Gasteiger partial charge in [-0.15, -0.1) is 0 Å². The summed E-state index contributed by atoms with van der Waals surface area (Å²) < 4.78 is 29.2. The molecular formula is C7H12ClNO3S.